The first-order valence-electron chi connectivity index (χ1n) is 8.06. The van der Waals surface area contributed by atoms with Crippen LogP contribution < -0.4 is 10.1 Å². The van der Waals surface area contributed by atoms with Crippen LogP contribution in [0.1, 0.15) is 31.7 Å². The molecule has 1 amide bonds. The van der Waals surface area contributed by atoms with Crippen molar-refractivity contribution < 1.29 is 22.7 Å². The number of carbonyl (C=O) groups is 1. The lowest BCUT2D eigenvalue weighted by molar-refractivity contribution is 0.0519. The van der Waals surface area contributed by atoms with Crippen molar-refractivity contribution in [2.24, 2.45) is 0 Å². The molecule has 0 saturated carbocycles. The highest BCUT2D eigenvalue weighted by atomic mass is 32.2. The number of methoxy groups -OCH3 is 1. The second kappa shape index (κ2) is 7.78. The Morgan fingerprint density at radius 2 is 1.58 bits per heavy atom. The third-order valence-corrected chi connectivity index (χ3v) is 5.37. The number of hydrogen-bond acceptors (Lipinski definition) is 5. The van der Waals surface area contributed by atoms with Crippen molar-refractivity contribution >= 4 is 15.9 Å². The van der Waals surface area contributed by atoms with Gasteiger partial charge in [-0.25, -0.2) is 13.2 Å². The highest BCUT2D eigenvalue weighted by Crippen LogP contribution is 2.32. The Labute approximate surface area is 154 Å². The summed E-state index contributed by atoms with van der Waals surface area (Å²) in [6, 6.07) is 14.6. The van der Waals surface area contributed by atoms with E-state index < -0.39 is 26.9 Å². The van der Waals surface area contributed by atoms with Gasteiger partial charge in [0.15, 0.2) is 5.37 Å². The van der Waals surface area contributed by atoms with Crippen LogP contribution in [0.4, 0.5) is 4.79 Å². The largest absolute Gasteiger partial charge is 0.496 e. The summed E-state index contributed by atoms with van der Waals surface area (Å²) >= 11 is 0. The highest BCUT2D eigenvalue weighted by molar-refractivity contribution is 7.91. The summed E-state index contributed by atoms with van der Waals surface area (Å²) in [7, 11) is -2.49. The molecule has 2 aromatic carbocycles. The van der Waals surface area contributed by atoms with Crippen LogP contribution in [0, 0.1) is 0 Å². The van der Waals surface area contributed by atoms with E-state index in [4.69, 9.17) is 9.47 Å². The topological polar surface area (TPSA) is 81.7 Å². The van der Waals surface area contributed by atoms with Gasteiger partial charge in [0.05, 0.1) is 12.0 Å². The highest BCUT2D eigenvalue weighted by Gasteiger charge is 2.34. The maximum atomic E-state index is 13.2. The number of amides is 1. The number of carbonyl (C=O) groups excluding carboxylic acids is 1. The van der Waals surface area contributed by atoms with Gasteiger partial charge in [-0.2, -0.15) is 0 Å². The summed E-state index contributed by atoms with van der Waals surface area (Å²) in [6.45, 7) is 5.11. The maximum absolute atomic E-state index is 13.2. The van der Waals surface area contributed by atoms with Gasteiger partial charge >= 0.3 is 6.09 Å². The second-order valence-electron chi connectivity index (χ2n) is 6.63. The lowest BCUT2D eigenvalue weighted by Crippen LogP contribution is -2.38. The Bertz CT molecular complexity index is 857. The Balaban J connectivity index is 2.50. The normalized spacial score (nSPS) is 12.9. The quantitative estimate of drug-likeness (QED) is 0.859. The molecule has 0 aliphatic heterocycles. The number of rotatable bonds is 5. The van der Waals surface area contributed by atoms with Crippen molar-refractivity contribution in [1.82, 2.24) is 5.32 Å². The van der Waals surface area contributed by atoms with Crippen LogP contribution in [0.15, 0.2) is 59.5 Å². The SMILES string of the molecule is COc1ccccc1C(NC(=O)OC(C)(C)C)S(=O)(=O)c1ccccc1. The molecule has 140 valence electrons. The molecule has 0 saturated heterocycles. The maximum Gasteiger partial charge on any atom is 0.408 e. The molecule has 1 N–H and O–H groups in total. The van der Waals surface area contributed by atoms with Crippen LogP contribution >= 0.6 is 0 Å². The summed E-state index contributed by atoms with van der Waals surface area (Å²) in [5.41, 5.74) is -0.434. The van der Waals surface area contributed by atoms with Crippen molar-refractivity contribution in [2.45, 2.75) is 36.6 Å². The van der Waals surface area contributed by atoms with E-state index in [-0.39, 0.29) is 4.90 Å². The molecule has 0 heterocycles. The summed E-state index contributed by atoms with van der Waals surface area (Å²) < 4.78 is 36.9. The predicted molar refractivity (Wildman–Crippen MR) is 98.7 cm³/mol. The molecule has 0 fully saturated rings. The molecule has 2 aromatic rings. The first-order valence-corrected chi connectivity index (χ1v) is 9.61. The second-order valence-corrected chi connectivity index (χ2v) is 8.66. The molecular weight excluding hydrogens is 354 g/mol. The molecule has 6 nitrogen and oxygen atoms in total. The zero-order chi connectivity index (χ0) is 19.4. The van der Waals surface area contributed by atoms with Crippen molar-refractivity contribution in [3.63, 3.8) is 0 Å². The van der Waals surface area contributed by atoms with E-state index in [1.165, 1.54) is 19.2 Å². The standard InChI is InChI=1S/C19H23NO5S/c1-19(2,3)25-18(21)20-17(15-12-8-9-13-16(15)24-4)26(22,23)14-10-6-5-7-11-14/h5-13,17H,1-4H3,(H,20,21). The van der Waals surface area contributed by atoms with Gasteiger partial charge in [-0.1, -0.05) is 36.4 Å². The molecule has 0 bridgehead atoms. The molecule has 1 atom stereocenters. The molecule has 0 radical (unpaired) electrons. The number of hydrogen-bond donors (Lipinski definition) is 1. The van der Waals surface area contributed by atoms with Gasteiger partial charge in [0.25, 0.3) is 0 Å². The van der Waals surface area contributed by atoms with E-state index in [0.717, 1.165) is 0 Å². The molecule has 1 unspecified atom stereocenters. The van der Waals surface area contributed by atoms with E-state index in [1.807, 2.05) is 0 Å². The zero-order valence-electron chi connectivity index (χ0n) is 15.2. The summed E-state index contributed by atoms with van der Waals surface area (Å²) in [5.74, 6) is 0.355. The van der Waals surface area contributed by atoms with Crippen molar-refractivity contribution in [1.29, 1.82) is 0 Å². The van der Waals surface area contributed by atoms with E-state index in [2.05, 4.69) is 5.32 Å². The number of alkyl carbamates (subject to hydrolysis) is 1. The third kappa shape index (κ3) is 4.76. The predicted octanol–water partition coefficient (Wildman–Crippen LogP) is 3.69. The number of para-hydroxylation sites is 1. The Morgan fingerprint density at radius 3 is 2.15 bits per heavy atom. The minimum absolute atomic E-state index is 0.0898. The van der Waals surface area contributed by atoms with Gasteiger partial charge in [-0.3, -0.25) is 0 Å². The van der Waals surface area contributed by atoms with Crippen LogP contribution in [-0.2, 0) is 14.6 Å². The molecule has 26 heavy (non-hydrogen) atoms. The molecule has 0 aliphatic rings. The fraction of sp³-hybridized carbons (Fsp3) is 0.316. The van der Waals surface area contributed by atoms with E-state index >= 15 is 0 Å². The summed E-state index contributed by atoms with van der Waals surface area (Å²) in [5, 5.41) is 1.12. The van der Waals surface area contributed by atoms with E-state index in [1.54, 1.807) is 63.2 Å². The minimum Gasteiger partial charge on any atom is -0.496 e. The smallest absolute Gasteiger partial charge is 0.408 e. The van der Waals surface area contributed by atoms with Gasteiger partial charge < -0.3 is 14.8 Å². The van der Waals surface area contributed by atoms with Gasteiger partial charge in [-0.15, -0.1) is 0 Å². The van der Waals surface area contributed by atoms with E-state index in [9.17, 15) is 13.2 Å². The fourth-order valence-electron chi connectivity index (χ4n) is 2.37. The van der Waals surface area contributed by atoms with Crippen molar-refractivity contribution in [3.8, 4) is 5.75 Å². The molecule has 7 heteroatoms. The lowest BCUT2D eigenvalue weighted by Gasteiger charge is -2.25. The minimum atomic E-state index is -3.93. The molecule has 0 aliphatic carbocycles. The average Bonchev–Trinajstić information content (AvgIpc) is 2.59. The number of ether oxygens (including phenoxy) is 2. The molecule has 0 spiro atoms. The molecular formula is C19H23NO5S. The lowest BCUT2D eigenvalue weighted by atomic mass is 10.2. The molecule has 2 rings (SSSR count). The Kier molecular flexibility index (Phi) is 5.92. The monoisotopic (exact) mass is 377 g/mol. The van der Waals surface area contributed by atoms with Gasteiger partial charge in [0, 0.05) is 5.56 Å². The average molecular weight is 377 g/mol. The van der Waals surface area contributed by atoms with Crippen LogP contribution in [0.5, 0.6) is 5.75 Å². The Morgan fingerprint density at radius 1 is 1.00 bits per heavy atom. The van der Waals surface area contributed by atoms with Crippen LogP contribution in [0.3, 0.4) is 0 Å². The number of sulfone groups is 1. The first-order chi connectivity index (χ1) is 12.1. The van der Waals surface area contributed by atoms with Crippen LogP contribution in [0.2, 0.25) is 0 Å². The van der Waals surface area contributed by atoms with Crippen LogP contribution in [0.25, 0.3) is 0 Å². The summed E-state index contributed by atoms with van der Waals surface area (Å²) in [4.78, 5) is 12.4. The van der Waals surface area contributed by atoms with Crippen molar-refractivity contribution in [2.75, 3.05) is 7.11 Å². The Hall–Kier alpha value is -2.54. The van der Waals surface area contributed by atoms with Gasteiger partial charge in [0.2, 0.25) is 9.84 Å². The number of nitrogens with one attached hydrogen (secondary N) is 1. The summed E-state index contributed by atoms with van der Waals surface area (Å²) in [6.07, 6.45) is -0.826. The van der Waals surface area contributed by atoms with Crippen LogP contribution in [-0.4, -0.2) is 27.2 Å². The molecule has 0 aromatic heterocycles. The van der Waals surface area contributed by atoms with Crippen molar-refractivity contribution in [3.05, 3.63) is 60.2 Å². The van der Waals surface area contributed by atoms with E-state index in [0.29, 0.717) is 11.3 Å². The van der Waals surface area contributed by atoms with Gasteiger partial charge in [-0.05, 0) is 39.0 Å². The van der Waals surface area contributed by atoms with Gasteiger partial charge in [0.1, 0.15) is 11.4 Å². The number of benzene rings is 2. The first kappa shape index (κ1) is 19.8. The third-order valence-electron chi connectivity index (χ3n) is 3.45. The fourth-order valence-corrected chi connectivity index (χ4v) is 3.96. The zero-order valence-corrected chi connectivity index (χ0v) is 16.0.